The van der Waals surface area contributed by atoms with Gasteiger partial charge in [0.1, 0.15) is 0 Å². The maximum absolute atomic E-state index is 11.3. The van der Waals surface area contributed by atoms with E-state index >= 15 is 0 Å². The highest BCUT2D eigenvalue weighted by Crippen LogP contribution is 2.18. The number of carbonyl (C=O) groups excluding carboxylic acids is 1. The first-order chi connectivity index (χ1) is 7.83. The van der Waals surface area contributed by atoms with Gasteiger partial charge in [-0.05, 0) is 51.0 Å². The Morgan fingerprint density at radius 3 is 2.50 bits per heavy atom. The third-order valence-corrected chi connectivity index (χ3v) is 2.59. The fraction of sp³-hybridized carbons (Fsp3) is 0.643. The Hall–Kier alpha value is -1.05. The number of nitrogens with one attached hydrogen (secondary N) is 1. The second kappa shape index (κ2) is 8.14. The first-order valence-electron chi connectivity index (χ1n) is 6.45. The number of hydrogen-bond acceptors (Lipinski definition) is 1. The number of rotatable bonds is 8. The highest BCUT2D eigenvalue weighted by molar-refractivity contribution is 5.87. The number of carbonyl (C=O) groups is 1. The Morgan fingerprint density at radius 1 is 1.19 bits per heavy atom. The molecule has 0 heterocycles. The van der Waals surface area contributed by atoms with Crippen LogP contribution in [0.3, 0.4) is 0 Å². The lowest BCUT2D eigenvalue weighted by molar-refractivity contribution is -0.116. The van der Waals surface area contributed by atoms with Crippen molar-refractivity contribution in [1.82, 2.24) is 5.32 Å². The number of amides is 1. The smallest absolute Gasteiger partial charge is 0.243 e. The fourth-order valence-corrected chi connectivity index (χ4v) is 1.48. The molecule has 1 rings (SSSR count). The van der Waals surface area contributed by atoms with Gasteiger partial charge < -0.3 is 5.32 Å². The van der Waals surface area contributed by atoms with Crippen molar-refractivity contribution in [3.05, 3.63) is 24.3 Å². The van der Waals surface area contributed by atoms with Crippen molar-refractivity contribution in [3.63, 3.8) is 0 Å². The second-order valence-corrected chi connectivity index (χ2v) is 4.35. The monoisotopic (exact) mass is 221 g/mol. The van der Waals surface area contributed by atoms with Gasteiger partial charge in [0.2, 0.25) is 5.91 Å². The van der Waals surface area contributed by atoms with Gasteiger partial charge in [-0.2, -0.15) is 0 Å². The molecule has 1 aliphatic rings. The van der Waals surface area contributed by atoms with E-state index in [2.05, 4.69) is 24.4 Å². The summed E-state index contributed by atoms with van der Waals surface area (Å²) >= 11 is 0. The minimum absolute atomic E-state index is 0.0772. The molecule has 0 unspecified atom stereocenters. The van der Waals surface area contributed by atoms with Crippen LogP contribution in [0.1, 0.15) is 51.9 Å². The molecule has 0 radical (unpaired) electrons. The second-order valence-electron chi connectivity index (χ2n) is 4.35. The van der Waals surface area contributed by atoms with Crippen LogP contribution in [0.15, 0.2) is 24.3 Å². The van der Waals surface area contributed by atoms with Crippen LogP contribution in [0.2, 0.25) is 0 Å². The lowest BCUT2D eigenvalue weighted by atomic mass is 10.1. The van der Waals surface area contributed by atoms with E-state index in [1.165, 1.54) is 12.8 Å². The van der Waals surface area contributed by atoms with E-state index in [4.69, 9.17) is 0 Å². The van der Waals surface area contributed by atoms with Gasteiger partial charge in [-0.1, -0.05) is 25.2 Å². The van der Waals surface area contributed by atoms with Crippen LogP contribution < -0.4 is 5.32 Å². The van der Waals surface area contributed by atoms with E-state index < -0.39 is 0 Å². The van der Waals surface area contributed by atoms with Gasteiger partial charge in [0, 0.05) is 6.04 Å². The summed E-state index contributed by atoms with van der Waals surface area (Å²) in [6.45, 7) is 2.15. The molecule has 1 N–H and O–H groups in total. The van der Waals surface area contributed by atoms with Crippen molar-refractivity contribution in [3.8, 4) is 0 Å². The standard InChI is InChI=1S/C14H23NO/c1-2-3-4-5-6-7-8-9-10-14(16)15-13-11-12-13/h3-4,9-10,13H,2,5-8,11-12H2,1H3,(H,15,16). The predicted octanol–water partition coefficient (Wildman–Crippen LogP) is 3.35. The molecule has 0 aromatic carbocycles. The molecule has 16 heavy (non-hydrogen) atoms. The minimum atomic E-state index is 0.0772. The maximum Gasteiger partial charge on any atom is 0.243 e. The van der Waals surface area contributed by atoms with E-state index in [1.807, 2.05) is 6.08 Å². The van der Waals surface area contributed by atoms with Crippen LogP contribution >= 0.6 is 0 Å². The zero-order chi connectivity index (χ0) is 11.6. The molecular formula is C14H23NO. The first-order valence-corrected chi connectivity index (χ1v) is 6.45. The Bertz CT molecular complexity index is 251. The molecule has 2 nitrogen and oxygen atoms in total. The molecule has 0 bridgehead atoms. The molecule has 1 amide bonds. The lowest BCUT2D eigenvalue weighted by Gasteiger charge is -1.96. The summed E-state index contributed by atoms with van der Waals surface area (Å²) < 4.78 is 0. The molecule has 2 heteroatoms. The highest BCUT2D eigenvalue weighted by atomic mass is 16.1. The van der Waals surface area contributed by atoms with E-state index in [0.717, 1.165) is 32.1 Å². The predicted molar refractivity (Wildman–Crippen MR) is 68.2 cm³/mol. The van der Waals surface area contributed by atoms with E-state index in [0.29, 0.717) is 6.04 Å². The largest absolute Gasteiger partial charge is 0.350 e. The topological polar surface area (TPSA) is 29.1 Å². The van der Waals surface area contributed by atoms with Gasteiger partial charge in [0.25, 0.3) is 0 Å². The van der Waals surface area contributed by atoms with E-state index in [1.54, 1.807) is 6.08 Å². The zero-order valence-corrected chi connectivity index (χ0v) is 10.2. The van der Waals surface area contributed by atoms with Crippen LogP contribution in [0, 0.1) is 0 Å². The van der Waals surface area contributed by atoms with Crippen LogP contribution in [0.5, 0.6) is 0 Å². The normalized spacial score (nSPS) is 16.1. The van der Waals surface area contributed by atoms with Crippen LogP contribution in [-0.2, 0) is 4.79 Å². The molecule has 0 aromatic heterocycles. The SMILES string of the molecule is CCC=CCCCCC=CC(=O)NC1CC1. The summed E-state index contributed by atoms with van der Waals surface area (Å²) in [4.78, 5) is 11.3. The third kappa shape index (κ3) is 7.27. The number of hydrogen-bond donors (Lipinski definition) is 1. The van der Waals surface area contributed by atoms with Crippen molar-refractivity contribution >= 4 is 5.91 Å². The molecule has 0 spiro atoms. The Kier molecular flexibility index (Phi) is 6.62. The van der Waals surface area contributed by atoms with Crippen molar-refractivity contribution in [2.45, 2.75) is 57.9 Å². The van der Waals surface area contributed by atoms with Crippen molar-refractivity contribution in [1.29, 1.82) is 0 Å². The molecule has 0 aromatic rings. The lowest BCUT2D eigenvalue weighted by Crippen LogP contribution is -2.22. The molecular weight excluding hydrogens is 198 g/mol. The zero-order valence-electron chi connectivity index (χ0n) is 10.2. The summed E-state index contributed by atoms with van der Waals surface area (Å²) in [5.41, 5.74) is 0. The van der Waals surface area contributed by atoms with Crippen molar-refractivity contribution in [2.24, 2.45) is 0 Å². The van der Waals surface area contributed by atoms with E-state index in [9.17, 15) is 4.79 Å². The van der Waals surface area contributed by atoms with Gasteiger partial charge in [0.05, 0.1) is 0 Å². The maximum atomic E-state index is 11.3. The van der Waals surface area contributed by atoms with Crippen LogP contribution in [-0.4, -0.2) is 11.9 Å². The molecule has 1 saturated carbocycles. The summed E-state index contributed by atoms with van der Waals surface area (Å²) in [6, 6.07) is 0.469. The van der Waals surface area contributed by atoms with Crippen molar-refractivity contribution in [2.75, 3.05) is 0 Å². The van der Waals surface area contributed by atoms with Crippen molar-refractivity contribution < 1.29 is 4.79 Å². The minimum Gasteiger partial charge on any atom is -0.350 e. The summed E-state index contributed by atoms with van der Waals surface area (Å²) in [7, 11) is 0. The van der Waals surface area contributed by atoms with Crippen LogP contribution in [0.25, 0.3) is 0 Å². The summed E-state index contributed by atoms with van der Waals surface area (Å²) in [6.07, 6.45) is 16.1. The molecule has 0 atom stereocenters. The Balaban J connectivity index is 1.90. The number of unbranched alkanes of at least 4 members (excludes halogenated alkanes) is 3. The summed E-state index contributed by atoms with van der Waals surface area (Å²) in [5.74, 6) is 0.0772. The first kappa shape index (κ1) is 13.0. The van der Waals surface area contributed by atoms with Gasteiger partial charge in [-0.25, -0.2) is 0 Å². The molecule has 90 valence electrons. The Labute approximate surface area is 98.8 Å². The van der Waals surface area contributed by atoms with Gasteiger partial charge in [0.15, 0.2) is 0 Å². The molecule has 1 aliphatic carbocycles. The van der Waals surface area contributed by atoms with Crippen LogP contribution in [0.4, 0.5) is 0 Å². The Morgan fingerprint density at radius 2 is 1.88 bits per heavy atom. The van der Waals surface area contributed by atoms with Gasteiger partial charge in [-0.15, -0.1) is 0 Å². The number of allylic oxidation sites excluding steroid dienone is 3. The average molecular weight is 221 g/mol. The molecule has 1 fully saturated rings. The van der Waals surface area contributed by atoms with Gasteiger partial charge in [-0.3, -0.25) is 4.79 Å². The van der Waals surface area contributed by atoms with Gasteiger partial charge >= 0.3 is 0 Å². The molecule has 0 saturated heterocycles. The van der Waals surface area contributed by atoms with E-state index in [-0.39, 0.29) is 5.91 Å². The quantitative estimate of drug-likeness (QED) is 0.380. The average Bonchev–Trinajstić information content (AvgIpc) is 3.06. The summed E-state index contributed by atoms with van der Waals surface area (Å²) in [5, 5.41) is 2.94. The third-order valence-electron chi connectivity index (χ3n) is 2.59. The fourth-order valence-electron chi connectivity index (χ4n) is 1.48. The highest BCUT2D eigenvalue weighted by Gasteiger charge is 2.21. The molecule has 0 aliphatic heterocycles.